The zero-order chi connectivity index (χ0) is 13.1. The van der Waals surface area contributed by atoms with E-state index in [1.807, 2.05) is 25.1 Å². The zero-order valence-corrected chi connectivity index (χ0v) is 11.9. The van der Waals surface area contributed by atoms with Crippen LogP contribution in [0.15, 0.2) is 22.7 Å². The third-order valence-corrected chi connectivity index (χ3v) is 4.39. The monoisotopic (exact) mass is 312 g/mol. The summed E-state index contributed by atoms with van der Waals surface area (Å²) < 4.78 is 7.01. The number of aliphatic carboxylic acids is 1. The Labute approximate surface area is 115 Å². The van der Waals surface area contributed by atoms with Crippen molar-refractivity contribution < 1.29 is 14.6 Å². The Kier molecular flexibility index (Phi) is 4.27. The van der Waals surface area contributed by atoms with Crippen LogP contribution >= 0.6 is 15.9 Å². The molecule has 1 saturated carbocycles. The van der Waals surface area contributed by atoms with Gasteiger partial charge in [0.2, 0.25) is 0 Å². The van der Waals surface area contributed by atoms with Gasteiger partial charge < -0.3 is 9.84 Å². The average molecular weight is 313 g/mol. The standard InChI is InChI=1S/C14H17BrO3/c1-9-12(15)3-2-4-13(9)18-11-7-5-10(6-8-11)14(16)17/h2-4,10-11H,5-8H2,1H3,(H,16,17)/t10-,11-. The molecule has 0 radical (unpaired) electrons. The van der Waals surface area contributed by atoms with Gasteiger partial charge in [0.05, 0.1) is 12.0 Å². The van der Waals surface area contributed by atoms with Crippen molar-refractivity contribution in [1.29, 1.82) is 0 Å². The summed E-state index contributed by atoms with van der Waals surface area (Å²) in [7, 11) is 0. The van der Waals surface area contributed by atoms with Crippen LogP contribution in [0.5, 0.6) is 5.75 Å². The molecule has 1 aromatic carbocycles. The molecule has 18 heavy (non-hydrogen) atoms. The molecule has 0 unspecified atom stereocenters. The number of hydrogen-bond acceptors (Lipinski definition) is 2. The largest absolute Gasteiger partial charge is 0.490 e. The minimum Gasteiger partial charge on any atom is -0.490 e. The van der Waals surface area contributed by atoms with Gasteiger partial charge in [0.1, 0.15) is 5.75 Å². The summed E-state index contributed by atoms with van der Waals surface area (Å²) in [5.41, 5.74) is 1.10. The molecule has 98 valence electrons. The van der Waals surface area contributed by atoms with Gasteiger partial charge in [-0.3, -0.25) is 4.79 Å². The number of rotatable bonds is 3. The minimum atomic E-state index is -0.674. The van der Waals surface area contributed by atoms with Crippen molar-refractivity contribution in [3.8, 4) is 5.75 Å². The van der Waals surface area contributed by atoms with Crippen molar-refractivity contribution in [3.05, 3.63) is 28.2 Å². The highest BCUT2D eigenvalue weighted by Crippen LogP contribution is 2.31. The maximum atomic E-state index is 10.9. The summed E-state index contributed by atoms with van der Waals surface area (Å²) in [6.45, 7) is 2.02. The quantitative estimate of drug-likeness (QED) is 0.924. The molecule has 0 aliphatic heterocycles. The van der Waals surface area contributed by atoms with Crippen molar-refractivity contribution >= 4 is 21.9 Å². The minimum absolute atomic E-state index is 0.147. The van der Waals surface area contributed by atoms with Crippen LogP contribution in [0.3, 0.4) is 0 Å². The Morgan fingerprint density at radius 3 is 2.61 bits per heavy atom. The lowest BCUT2D eigenvalue weighted by atomic mass is 9.87. The van der Waals surface area contributed by atoms with E-state index in [1.54, 1.807) is 0 Å². The van der Waals surface area contributed by atoms with Crippen LogP contribution in [0.4, 0.5) is 0 Å². The number of carboxylic acid groups (broad SMARTS) is 1. The third kappa shape index (κ3) is 3.05. The molecule has 0 spiro atoms. The molecule has 4 heteroatoms. The molecular weight excluding hydrogens is 296 g/mol. The fourth-order valence-corrected chi connectivity index (χ4v) is 2.67. The Morgan fingerprint density at radius 1 is 1.33 bits per heavy atom. The van der Waals surface area contributed by atoms with E-state index in [9.17, 15) is 4.79 Å². The van der Waals surface area contributed by atoms with Gasteiger partial charge in [-0.1, -0.05) is 22.0 Å². The van der Waals surface area contributed by atoms with Gasteiger partial charge in [-0.05, 0) is 44.7 Å². The van der Waals surface area contributed by atoms with Gasteiger partial charge in [-0.25, -0.2) is 0 Å². The van der Waals surface area contributed by atoms with E-state index in [2.05, 4.69) is 15.9 Å². The van der Waals surface area contributed by atoms with E-state index in [1.165, 1.54) is 0 Å². The van der Waals surface area contributed by atoms with Gasteiger partial charge in [0, 0.05) is 10.0 Å². The van der Waals surface area contributed by atoms with Crippen molar-refractivity contribution in [2.75, 3.05) is 0 Å². The van der Waals surface area contributed by atoms with Gasteiger partial charge in [0.15, 0.2) is 0 Å². The first-order valence-electron chi connectivity index (χ1n) is 6.22. The summed E-state index contributed by atoms with van der Waals surface area (Å²) in [4.78, 5) is 10.9. The highest BCUT2D eigenvalue weighted by molar-refractivity contribution is 9.10. The predicted octanol–water partition coefficient (Wildman–Crippen LogP) is 3.78. The summed E-state index contributed by atoms with van der Waals surface area (Å²) >= 11 is 3.48. The second-order valence-electron chi connectivity index (χ2n) is 4.79. The Hall–Kier alpha value is -1.03. The highest BCUT2D eigenvalue weighted by Gasteiger charge is 2.27. The first-order valence-corrected chi connectivity index (χ1v) is 7.02. The molecule has 0 aromatic heterocycles. The zero-order valence-electron chi connectivity index (χ0n) is 10.4. The summed E-state index contributed by atoms with van der Waals surface area (Å²) in [5, 5.41) is 8.95. The van der Waals surface area contributed by atoms with E-state index >= 15 is 0 Å². The van der Waals surface area contributed by atoms with Crippen LogP contribution in [0.2, 0.25) is 0 Å². The Balaban J connectivity index is 1.96. The van der Waals surface area contributed by atoms with Crippen molar-refractivity contribution in [2.45, 2.75) is 38.7 Å². The lowest BCUT2D eigenvalue weighted by Gasteiger charge is -2.27. The van der Waals surface area contributed by atoms with Crippen molar-refractivity contribution in [1.82, 2.24) is 0 Å². The van der Waals surface area contributed by atoms with E-state index in [0.717, 1.165) is 28.6 Å². The molecule has 0 atom stereocenters. The highest BCUT2D eigenvalue weighted by atomic mass is 79.9. The molecule has 2 rings (SSSR count). The smallest absolute Gasteiger partial charge is 0.306 e. The molecule has 0 saturated heterocycles. The average Bonchev–Trinajstić information content (AvgIpc) is 2.36. The SMILES string of the molecule is Cc1c(Br)cccc1O[C@H]1CC[C@H](C(=O)O)CC1. The van der Waals surface area contributed by atoms with Crippen LogP contribution in [0.1, 0.15) is 31.2 Å². The lowest BCUT2D eigenvalue weighted by molar-refractivity contribution is -0.143. The van der Waals surface area contributed by atoms with Gasteiger partial charge in [-0.2, -0.15) is 0 Å². The Bertz CT molecular complexity index is 437. The van der Waals surface area contributed by atoms with E-state index in [4.69, 9.17) is 9.84 Å². The molecule has 1 fully saturated rings. The maximum absolute atomic E-state index is 10.9. The fourth-order valence-electron chi connectivity index (χ4n) is 2.32. The molecule has 0 heterocycles. The number of carboxylic acids is 1. The number of hydrogen-bond donors (Lipinski definition) is 1. The van der Waals surface area contributed by atoms with Gasteiger partial charge in [-0.15, -0.1) is 0 Å². The second kappa shape index (κ2) is 5.74. The van der Waals surface area contributed by atoms with Crippen molar-refractivity contribution in [3.63, 3.8) is 0 Å². The molecule has 0 bridgehead atoms. The first kappa shape index (κ1) is 13.4. The van der Waals surface area contributed by atoms with Gasteiger partial charge >= 0.3 is 5.97 Å². The summed E-state index contributed by atoms with van der Waals surface area (Å²) in [5.74, 6) is 0.0312. The molecular formula is C14H17BrO3. The number of ether oxygens (including phenoxy) is 1. The van der Waals surface area contributed by atoms with Crippen LogP contribution < -0.4 is 4.74 Å². The normalized spacial score (nSPS) is 23.7. The second-order valence-corrected chi connectivity index (χ2v) is 5.65. The molecule has 1 aliphatic carbocycles. The molecule has 1 aliphatic rings. The summed E-state index contributed by atoms with van der Waals surface area (Å²) in [6.07, 6.45) is 3.22. The molecule has 1 N–H and O–H groups in total. The number of benzene rings is 1. The third-order valence-electron chi connectivity index (χ3n) is 3.54. The number of carbonyl (C=O) groups is 1. The molecule has 3 nitrogen and oxygen atoms in total. The predicted molar refractivity (Wildman–Crippen MR) is 72.9 cm³/mol. The van der Waals surface area contributed by atoms with Gasteiger partial charge in [0.25, 0.3) is 0 Å². The lowest BCUT2D eigenvalue weighted by Crippen LogP contribution is -2.28. The van der Waals surface area contributed by atoms with E-state index < -0.39 is 5.97 Å². The van der Waals surface area contributed by atoms with Crippen LogP contribution in [0.25, 0.3) is 0 Å². The van der Waals surface area contributed by atoms with Crippen LogP contribution in [-0.4, -0.2) is 17.2 Å². The Morgan fingerprint density at radius 2 is 2.00 bits per heavy atom. The summed E-state index contributed by atoms with van der Waals surface area (Å²) in [6, 6.07) is 5.90. The first-order chi connectivity index (χ1) is 8.58. The van der Waals surface area contributed by atoms with Crippen LogP contribution in [0, 0.1) is 12.8 Å². The molecule has 0 amide bonds. The van der Waals surface area contributed by atoms with Crippen LogP contribution in [-0.2, 0) is 4.79 Å². The topological polar surface area (TPSA) is 46.5 Å². The van der Waals surface area contributed by atoms with E-state index in [0.29, 0.717) is 12.8 Å². The number of halogens is 1. The van der Waals surface area contributed by atoms with Crippen molar-refractivity contribution in [2.24, 2.45) is 5.92 Å². The maximum Gasteiger partial charge on any atom is 0.306 e. The fraction of sp³-hybridized carbons (Fsp3) is 0.500. The van der Waals surface area contributed by atoms with E-state index in [-0.39, 0.29) is 12.0 Å². The molecule has 1 aromatic rings.